The lowest BCUT2D eigenvalue weighted by atomic mass is 9.87. The highest BCUT2D eigenvalue weighted by Gasteiger charge is 2.40. The predicted molar refractivity (Wildman–Crippen MR) is 115 cm³/mol. The first-order chi connectivity index (χ1) is 15.1. The van der Waals surface area contributed by atoms with E-state index in [1.54, 1.807) is 12.1 Å². The monoisotopic (exact) mass is 424 g/mol. The molecule has 1 amide bonds. The van der Waals surface area contributed by atoms with E-state index in [0.717, 1.165) is 30.4 Å². The molecule has 1 aliphatic carbocycles. The molecule has 2 aromatic rings. The summed E-state index contributed by atoms with van der Waals surface area (Å²) in [6.45, 7) is 0.939. The average Bonchev–Trinajstić information content (AvgIpc) is 2.76. The minimum atomic E-state index is -0.579. The van der Waals surface area contributed by atoms with Crippen molar-refractivity contribution in [2.45, 2.75) is 62.5 Å². The zero-order valence-corrected chi connectivity index (χ0v) is 17.6. The first-order valence-corrected chi connectivity index (χ1v) is 11.3. The van der Waals surface area contributed by atoms with Gasteiger partial charge in [0.05, 0.1) is 24.9 Å². The summed E-state index contributed by atoms with van der Waals surface area (Å²) in [4.78, 5) is 15.5. The summed E-state index contributed by atoms with van der Waals surface area (Å²) in [7, 11) is 0. The molecule has 3 aliphatic rings. The van der Waals surface area contributed by atoms with Crippen LogP contribution in [0.15, 0.2) is 48.5 Å². The summed E-state index contributed by atoms with van der Waals surface area (Å²) in [5.41, 5.74) is 9.58. The number of carbonyl (C=O) groups is 1. The number of halogens is 1. The number of fused-ring (bicyclic) bond motifs is 1. The summed E-state index contributed by atoms with van der Waals surface area (Å²) >= 11 is 0. The SMILES string of the molecule is N[C@H]1C[C@H](C(=O)N2CCc3ccccc3[C@@H]2c2ccc(F)cc2)OC[C@@H]1OC1CCC1. The molecule has 2 aromatic carbocycles. The first kappa shape index (κ1) is 20.6. The summed E-state index contributed by atoms with van der Waals surface area (Å²) < 4.78 is 25.6. The van der Waals surface area contributed by atoms with Gasteiger partial charge in [-0.2, -0.15) is 0 Å². The van der Waals surface area contributed by atoms with Gasteiger partial charge in [0.15, 0.2) is 0 Å². The Bertz CT molecular complexity index is 931. The number of carbonyl (C=O) groups excluding carboxylic acids is 1. The number of benzene rings is 2. The molecule has 0 aromatic heterocycles. The van der Waals surface area contributed by atoms with Crippen LogP contribution in [0.4, 0.5) is 4.39 Å². The molecule has 2 N–H and O–H groups in total. The lowest BCUT2D eigenvalue weighted by Crippen LogP contribution is -2.55. The molecule has 5 nitrogen and oxygen atoms in total. The molecule has 0 radical (unpaired) electrons. The molecule has 31 heavy (non-hydrogen) atoms. The van der Waals surface area contributed by atoms with E-state index < -0.39 is 6.10 Å². The Hall–Kier alpha value is -2.28. The highest BCUT2D eigenvalue weighted by molar-refractivity contribution is 5.82. The van der Waals surface area contributed by atoms with Crippen LogP contribution in [0.2, 0.25) is 0 Å². The number of ether oxygens (including phenoxy) is 2. The maximum Gasteiger partial charge on any atom is 0.252 e. The summed E-state index contributed by atoms with van der Waals surface area (Å²) in [6, 6.07) is 14.1. The van der Waals surface area contributed by atoms with Crippen LogP contribution in [0.25, 0.3) is 0 Å². The van der Waals surface area contributed by atoms with Crippen molar-refractivity contribution in [1.29, 1.82) is 0 Å². The number of hydrogen-bond acceptors (Lipinski definition) is 4. The van der Waals surface area contributed by atoms with Crippen LogP contribution < -0.4 is 5.73 Å². The van der Waals surface area contributed by atoms with Crippen molar-refractivity contribution in [2.24, 2.45) is 5.73 Å². The van der Waals surface area contributed by atoms with Crippen molar-refractivity contribution in [3.8, 4) is 0 Å². The molecule has 5 rings (SSSR count). The third-order valence-electron chi connectivity index (χ3n) is 6.87. The topological polar surface area (TPSA) is 64.8 Å². The number of nitrogens with zero attached hydrogens (tertiary/aromatic N) is 1. The molecule has 0 unspecified atom stereocenters. The Balaban J connectivity index is 1.36. The highest BCUT2D eigenvalue weighted by atomic mass is 19.1. The molecule has 2 fully saturated rings. The maximum atomic E-state index is 13.6. The molecule has 2 heterocycles. The van der Waals surface area contributed by atoms with E-state index >= 15 is 0 Å². The molecule has 2 aliphatic heterocycles. The van der Waals surface area contributed by atoms with Crippen LogP contribution in [0, 0.1) is 5.82 Å². The van der Waals surface area contributed by atoms with Crippen molar-refractivity contribution >= 4 is 5.91 Å². The van der Waals surface area contributed by atoms with Gasteiger partial charge in [0.25, 0.3) is 5.91 Å². The van der Waals surface area contributed by atoms with Crippen LogP contribution in [0.5, 0.6) is 0 Å². The van der Waals surface area contributed by atoms with Crippen LogP contribution in [0.1, 0.15) is 48.4 Å². The summed E-state index contributed by atoms with van der Waals surface area (Å²) in [5, 5.41) is 0. The van der Waals surface area contributed by atoms with Gasteiger partial charge in [-0.05, 0) is 54.5 Å². The van der Waals surface area contributed by atoms with Crippen LogP contribution in [0.3, 0.4) is 0 Å². The second-order valence-electron chi connectivity index (χ2n) is 8.88. The van der Waals surface area contributed by atoms with E-state index in [1.807, 2.05) is 17.0 Å². The lowest BCUT2D eigenvalue weighted by molar-refractivity contribution is -0.165. The molecule has 0 spiro atoms. The smallest absolute Gasteiger partial charge is 0.252 e. The van der Waals surface area contributed by atoms with Crippen molar-refractivity contribution in [3.63, 3.8) is 0 Å². The van der Waals surface area contributed by atoms with E-state index in [2.05, 4.69) is 12.1 Å². The molecular weight excluding hydrogens is 395 g/mol. The fraction of sp³-hybridized carbons (Fsp3) is 0.480. The quantitative estimate of drug-likeness (QED) is 0.818. The van der Waals surface area contributed by atoms with Crippen molar-refractivity contribution < 1.29 is 18.7 Å². The molecule has 4 atom stereocenters. The second-order valence-corrected chi connectivity index (χ2v) is 8.88. The van der Waals surface area contributed by atoms with Gasteiger partial charge in [-0.25, -0.2) is 4.39 Å². The number of hydrogen-bond donors (Lipinski definition) is 1. The van der Waals surface area contributed by atoms with E-state index in [4.69, 9.17) is 15.2 Å². The third-order valence-corrected chi connectivity index (χ3v) is 6.87. The fourth-order valence-electron chi connectivity index (χ4n) is 4.86. The molecule has 6 heteroatoms. The second kappa shape index (κ2) is 8.69. The van der Waals surface area contributed by atoms with Gasteiger partial charge in [-0.3, -0.25) is 4.79 Å². The Morgan fingerprint density at radius 2 is 1.90 bits per heavy atom. The normalized spacial score (nSPS) is 28.6. The molecule has 1 saturated carbocycles. The van der Waals surface area contributed by atoms with Gasteiger partial charge in [-0.15, -0.1) is 0 Å². The first-order valence-electron chi connectivity index (χ1n) is 11.3. The summed E-state index contributed by atoms with van der Waals surface area (Å²) in [6.07, 6.45) is 4.16. The predicted octanol–water partition coefficient (Wildman–Crippen LogP) is 3.35. The number of amides is 1. The van der Waals surface area contributed by atoms with Gasteiger partial charge >= 0.3 is 0 Å². The molecule has 164 valence electrons. The third kappa shape index (κ3) is 4.12. The van der Waals surface area contributed by atoms with Gasteiger partial charge in [0, 0.05) is 19.0 Å². The van der Waals surface area contributed by atoms with Gasteiger partial charge in [0.2, 0.25) is 0 Å². The van der Waals surface area contributed by atoms with Crippen molar-refractivity contribution in [2.75, 3.05) is 13.2 Å². The molecule has 0 bridgehead atoms. The summed E-state index contributed by atoms with van der Waals surface area (Å²) in [5.74, 6) is -0.341. The average molecular weight is 425 g/mol. The number of rotatable bonds is 4. The largest absolute Gasteiger partial charge is 0.371 e. The Morgan fingerprint density at radius 1 is 1.13 bits per heavy atom. The van der Waals surface area contributed by atoms with Crippen LogP contribution in [-0.2, 0) is 20.7 Å². The molecular formula is C25H29FN2O3. The zero-order valence-electron chi connectivity index (χ0n) is 17.6. The highest BCUT2D eigenvalue weighted by Crippen LogP contribution is 2.36. The minimum Gasteiger partial charge on any atom is -0.371 e. The fourth-order valence-corrected chi connectivity index (χ4v) is 4.86. The van der Waals surface area contributed by atoms with Crippen molar-refractivity contribution in [1.82, 2.24) is 4.90 Å². The van der Waals surface area contributed by atoms with E-state index in [0.29, 0.717) is 19.6 Å². The molecule has 1 saturated heterocycles. The lowest BCUT2D eigenvalue weighted by Gasteiger charge is -2.42. The van der Waals surface area contributed by atoms with E-state index in [9.17, 15) is 9.18 Å². The van der Waals surface area contributed by atoms with Crippen LogP contribution >= 0.6 is 0 Å². The Kier molecular flexibility index (Phi) is 5.78. The Morgan fingerprint density at radius 3 is 2.61 bits per heavy atom. The Labute approximate surface area is 182 Å². The number of nitrogens with two attached hydrogens (primary N) is 1. The standard InChI is InChI=1S/C25H29FN2O3/c26-18-10-8-17(9-11-18)24-20-7-2-1-4-16(20)12-13-28(24)25(29)22-14-21(27)23(15-30-22)31-19-5-3-6-19/h1-2,4,7-11,19,21-24H,3,5-6,12-15,27H2/t21-,22+,23-,24-/m0/s1. The van der Waals surface area contributed by atoms with Crippen molar-refractivity contribution in [3.05, 3.63) is 71.0 Å². The minimum absolute atomic E-state index is 0.0543. The maximum absolute atomic E-state index is 13.6. The van der Waals surface area contributed by atoms with E-state index in [1.165, 1.54) is 24.1 Å². The van der Waals surface area contributed by atoms with E-state index in [-0.39, 0.29) is 36.0 Å². The zero-order chi connectivity index (χ0) is 21.4. The van der Waals surface area contributed by atoms with Gasteiger partial charge < -0.3 is 20.1 Å². The van der Waals surface area contributed by atoms with Crippen LogP contribution in [-0.4, -0.2) is 48.3 Å². The van der Waals surface area contributed by atoms with Gasteiger partial charge in [-0.1, -0.05) is 36.4 Å². The van der Waals surface area contributed by atoms with Gasteiger partial charge in [0.1, 0.15) is 11.9 Å².